The smallest absolute Gasteiger partial charge is 0.267 e. The molecule has 1 aromatic rings. The van der Waals surface area contributed by atoms with Crippen molar-refractivity contribution in [2.75, 3.05) is 0 Å². The highest BCUT2D eigenvalue weighted by atomic mass is 16.2. The molecule has 0 unspecified atom stereocenters. The van der Waals surface area contributed by atoms with Crippen LogP contribution in [0.1, 0.15) is 5.56 Å². The average Bonchev–Trinajstić information content (AvgIpc) is 2.58. The van der Waals surface area contributed by atoms with Crippen LogP contribution >= 0.6 is 0 Å². The molecule has 0 aromatic heterocycles. The average molecular weight is 200 g/mol. The predicted molar refractivity (Wildman–Crippen MR) is 55.0 cm³/mol. The Bertz CT molecular complexity index is 431. The number of hydrazone groups is 1. The molecule has 2 amide bonds. The molecular formula is C11H8N2O2. The van der Waals surface area contributed by atoms with Crippen LogP contribution in [-0.2, 0) is 9.59 Å². The minimum atomic E-state index is -0.410. The van der Waals surface area contributed by atoms with Gasteiger partial charge in [0.05, 0.1) is 6.21 Å². The molecule has 0 aliphatic carbocycles. The van der Waals surface area contributed by atoms with E-state index in [-0.39, 0.29) is 0 Å². The third-order valence-corrected chi connectivity index (χ3v) is 1.91. The molecule has 2 rings (SSSR count). The van der Waals surface area contributed by atoms with Gasteiger partial charge in [0, 0.05) is 12.2 Å². The molecule has 1 heterocycles. The summed E-state index contributed by atoms with van der Waals surface area (Å²) < 4.78 is 0. The number of nitrogens with zero attached hydrogens (tertiary/aromatic N) is 2. The van der Waals surface area contributed by atoms with Crippen LogP contribution in [0.3, 0.4) is 0 Å². The van der Waals surface area contributed by atoms with Gasteiger partial charge in [-0.3, -0.25) is 9.59 Å². The fourth-order valence-corrected chi connectivity index (χ4v) is 1.17. The number of carbonyl (C=O) groups excluding carboxylic acids is 2. The second-order valence-electron chi connectivity index (χ2n) is 2.98. The molecule has 0 saturated carbocycles. The van der Waals surface area contributed by atoms with Gasteiger partial charge in [0.25, 0.3) is 11.8 Å². The maximum atomic E-state index is 11.1. The normalized spacial score (nSPS) is 15.6. The van der Waals surface area contributed by atoms with E-state index >= 15 is 0 Å². The number of benzene rings is 1. The van der Waals surface area contributed by atoms with Crippen LogP contribution in [0, 0.1) is 0 Å². The Hall–Kier alpha value is -2.23. The lowest BCUT2D eigenvalue weighted by Crippen LogP contribution is -2.24. The van der Waals surface area contributed by atoms with Crippen LogP contribution in [0.4, 0.5) is 0 Å². The van der Waals surface area contributed by atoms with E-state index in [1.54, 1.807) is 0 Å². The first-order valence-electron chi connectivity index (χ1n) is 4.42. The van der Waals surface area contributed by atoms with Crippen LogP contribution in [0.25, 0.3) is 0 Å². The van der Waals surface area contributed by atoms with Gasteiger partial charge in [0.1, 0.15) is 0 Å². The fourth-order valence-electron chi connectivity index (χ4n) is 1.17. The number of hydrogen-bond donors (Lipinski definition) is 0. The Labute approximate surface area is 86.5 Å². The van der Waals surface area contributed by atoms with Crippen molar-refractivity contribution in [1.29, 1.82) is 0 Å². The Kier molecular flexibility index (Phi) is 2.41. The summed E-state index contributed by atoms with van der Waals surface area (Å²) >= 11 is 0. The van der Waals surface area contributed by atoms with Crippen molar-refractivity contribution in [1.82, 2.24) is 5.01 Å². The Balaban J connectivity index is 2.13. The molecule has 0 bridgehead atoms. The minimum absolute atomic E-state index is 0.410. The number of rotatable bonds is 2. The van der Waals surface area contributed by atoms with E-state index in [0.29, 0.717) is 0 Å². The van der Waals surface area contributed by atoms with Crippen LogP contribution in [0.5, 0.6) is 0 Å². The molecule has 1 aromatic carbocycles. The molecule has 0 radical (unpaired) electrons. The number of imide groups is 1. The summed E-state index contributed by atoms with van der Waals surface area (Å²) in [6.07, 6.45) is 3.87. The van der Waals surface area contributed by atoms with Crippen molar-refractivity contribution in [3.63, 3.8) is 0 Å². The lowest BCUT2D eigenvalue weighted by Gasteiger charge is -2.04. The molecule has 74 valence electrons. The van der Waals surface area contributed by atoms with Gasteiger partial charge in [0.2, 0.25) is 0 Å². The van der Waals surface area contributed by atoms with E-state index in [1.165, 1.54) is 18.4 Å². The van der Waals surface area contributed by atoms with Crippen molar-refractivity contribution in [2.24, 2.45) is 5.10 Å². The van der Waals surface area contributed by atoms with Crippen molar-refractivity contribution in [3.8, 4) is 0 Å². The molecule has 1 aliphatic rings. The van der Waals surface area contributed by atoms with Crippen LogP contribution in [0.2, 0.25) is 0 Å². The molecule has 0 spiro atoms. The van der Waals surface area contributed by atoms with Gasteiger partial charge < -0.3 is 0 Å². The molecule has 0 atom stereocenters. The lowest BCUT2D eigenvalue weighted by atomic mass is 10.2. The van der Waals surface area contributed by atoms with Gasteiger partial charge in [-0.05, 0) is 5.56 Å². The monoisotopic (exact) mass is 200 g/mol. The zero-order valence-electron chi connectivity index (χ0n) is 7.83. The van der Waals surface area contributed by atoms with Crippen molar-refractivity contribution >= 4 is 18.0 Å². The standard InChI is InChI=1S/C11H8N2O2/c14-10-6-7-11(15)13(10)12-8-9-4-2-1-3-5-9/h1-8H/b12-8+. The molecule has 0 fully saturated rings. The van der Waals surface area contributed by atoms with E-state index in [9.17, 15) is 9.59 Å². The Morgan fingerprint density at radius 3 is 2.20 bits per heavy atom. The van der Waals surface area contributed by atoms with Crippen molar-refractivity contribution in [3.05, 3.63) is 48.0 Å². The highest BCUT2D eigenvalue weighted by Crippen LogP contribution is 2.04. The number of hydrogen-bond acceptors (Lipinski definition) is 3. The van der Waals surface area contributed by atoms with Gasteiger partial charge >= 0.3 is 0 Å². The van der Waals surface area contributed by atoms with Crippen molar-refractivity contribution < 1.29 is 9.59 Å². The highest BCUT2D eigenvalue weighted by molar-refractivity contribution is 6.13. The predicted octanol–water partition coefficient (Wildman–Crippen LogP) is 0.946. The highest BCUT2D eigenvalue weighted by Gasteiger charge is 2.22. The van der Waals surface area contributed by atoms with Gasteiger partial charge in [0.15, 0.2) is 0 Å². The first-order valence-corrected chi connectivity index (χ1v) is 4.42. The first kappa shape index (κ1) is 9.33. The van der Waals surface area contributed by atoms with E-state index in [0.717, 1.165) is 10.6 Å². The number of amides is 2. The topological polar surface area (TPSA) is 49.7 Å². The summed E-state index contributed by atoms with van der Waals surface area (Å²) in [6.45, 7) is 0. The summed E-state index contributed by atoms with van der Waals surface area (Å²) in [5, 5.41) is 4.63. The number of carbonyl (C=O) groups is 2. The molecule has 15 heavy (non-hydrogen) atoms. The van der Waals surface area contributed by atoms with Crippen LogP contribution < -0.4 is 0 Å². The van der Waals surface area contributed by atoms with Crippen LogP contribution in [-0.4, -0.2) is 23.0 Å². The van der Waals surface area contributed by atoms with E-state index in [1.807, 2.05) is 30.3 Å². The largest absolute Gasteiger partial charge is 0.274 e. The molecule has 4 nitrogen and oxygen atoms in total. The third kappa shape index (κ3) is 1.99. The molecule has 1 aliphatic heterocycles. The summed E-state index contributed by atoms with van der Waals surface area (Å²) in [4.78, 5) is 22.2. The van der Waals surface area contributed by atoms with E-state index < -0.39 is 11.8 Å². The fraction of sp³-hybridized carbons (Fsp3) is 0. The van der Waals surface area contributed by atoms with E-state index in [4.69, 9.17) is 0 Å². The second kappa shape index (κ2) is 3.88. The van der Waals surface area contributed by atoms with Gasteiger partial charge in [-0.1, -0.05) is 30.3 Å². The Morgan fingerprint density at radius 2 is 1.60 bits per heavy atom. The third-order valence-electron chi connectivity index (χ3n) is 1.91. The summed E-state index contributed by atoms with van der Waals surface area (Å²) in [7, 11) is 0. The molecular weight excluding hydrogens is 192 g/mol. The molecule has 0 saturated heterocycles. The van der Waals surface area contributed by atoms with Crippen molar-refractivity contribution in [2.45, 2.75) is 0 Å². The second-order valence-corrected chi connectivity index (χ2v) is 2.98. The SMILES string of the molecule is O=C1C=CC(=O)N1/N=C/c1ccccc1. The molecule has 0 N–H and O–H groups in total. The van der Waals surface area contributed by atoms with Gasteiger partial charge in [-0.2, -0.15) is 10.1 Å². The maximum absolute atomic E-state index is 11.1. The first-order chi connectivity index (χ1) is 7.27. The molecule has 4 heteroatoms. The van der Waals surface area contributed by atoms with Crippen LogP contribution in [0.15, 0.2) is 47.6 Å². The van der Waals surface area contributed by atoms with E-state index in [2.05, 4.69) is 5.10 Å². The summed E-state index contributed by atoms with van der Waals surface area (Å²) in [5.41, 5.74) is 0.838. The summed E-state index contributed by atoms with van der Waals surface area (Å²) in [5.74, 6) is -0.820. The zero-order chi connectivity index (χ0) is 10.7. The van der Waals surface area contributed by atoms with Gasteiger partial charge in [-0.15, -0.1) is 0 Å². The Morgan fingerprint density at radius 1 is 1.00 bits per heavy atom. The zero-order valence-corrected chi connectivity index (χ0v) is 7.83. The lowest BCUT2D eigenvalue weighted by molar-refractivity contribution is -0.136. The minimum Gasteiger partial charge on any atom is -0.267 e. The summed E-state index contributed by atoms with van der Waals surface area (Å²) in [6, 6.07) is 9.26. The quantitative estimate of drug-likeness (QED) is 0.527. The van der Waals surface area contributed by atoms with Gasteiger partial charge in [-0.25, -0.2) is 0 Å². The maximum Gasteiger partial charge on any atom is 0.274 e.